The van der Waals surface area contributed by atoms with E-state index in [1.807, 2.05) is 29.8 Å². The number of nitrogens with one attached hydrogen (secondary N) is 3. The molecule has 1 amide bonds. The Kier molecular flexibility index (Phi) is 6.16. The highest BCUT2D eigenvalue weighted by molar-refractivity contribution is 7.16. The zero-order valence-corrected chi connectivity index (χ0v) is 20.2. The minimum atomic E-state index is -1.57. The molecule has 2 aromatic heterocycles. The number of aromatic nitrogens is 2. The molecule has 5 rings (SSSR count). The molecule has 2 aliphatic rings. The van der Waals surface area contributed by atoms with Gasteiger partial charge in [-0.25, -0.2) is 14.4 Å². The first-order chi connectivity index (χ1) is 16.3. The molecule has 0 unspecified atom stereocenters. The van der Waals surface area contributed by atoms with Gasteiger partial charge >= 0.3 is 0 Å². The van der Waals surface area contributed by atoms with Crippen LogP contribution in [0.2, 0.25) is 0 Å². The van der Waals surface area contributed by atoms with E-state index in [0.29, 0.717) is 34.9 Å². The first-order valence-electron chi connectivity index (χ1n) is 11.8. The normalized spacial score (nSPS) is 17.1. The van der Waals surface area contributed by atoms with Crippen molar-refractivity contribution >= 4 is 44.7 Å². The van der Waals surface area contributed by atoms with E-state index < -0.39 is 17.7 Å². The van der Waals surface area contributed by atoms with Crippen LogP contribution in [0.1, 0.15) is 49.9 Å². The number of carbonyl (C=O) groups excluding carboxylic acids is 1. The highest BCUT2D eigenvalue weighted by atomic mass is 32.1. The van der Waals surface area contributed by atoms with Crippen molar-refractivity contribution in [2.75, 3.05) is 17.2 Å². The van der Waals surface area contributed by atoms with Gasteiger partial charge in [0.15, 0.2) is 0 Å². The molecule has 0 spiro atoms. The van der Waals surface area contributed by atoms with Gasteiger partial charge in [0.05, 0.1) is 39.1 Å². The van der Waals surface area contributed by atoms with Crippen LogP contribution in [0.25, 0.3) is 10.2 Å². The summed E-state index contributed by atoms with van der Waals surface area (Å²) >= 11 is 1.57. The van der Waals surface area contributed by atoms with Gasteiger partial charge in [-0.15, -0.1) is 11.3 Å². The number of halogens is 1. The summed E-state index contributed by atoms with van der Waals surface area (Å²) < 4.78 is 15.3. The number of anilines is 3. The topological polar surface area (TPSA) is 99.2 Å². The number of nitrogens with zero attached hydrogens (tertiary/aromatic N) is 2. The molecule has 180 valence electrons. The molecule has 1 atom stereocenters. The minimum Gasteiger partial charge on any atom is -0.387 e. The molecule has 2 fully saturated rings. The fraction of sp³-hybridized carbons (Fsp3) is 0.480. The summed E-state index contributed by atoms with van der Waals surface area (Å²) in [5, 5.41) is 19.4. The zero-order valence-electron chi connectivity index (χ0n) is 19.3. The summed E-state index contributed by atoms with van der Waals surface area (Å²) in [6.45, 7) is 2.50. The Morgan fingerprint density at radius 3 is 2.62 bits per heavy atom. The summed E-state index contributed by atoms with van der Waals surface area (Å²) in [4.78, 5) is 21.7. The molecule has 0 aliphatic heterocycles. The molecule has 9 heteroatoms. The van der Waals surface area contributed by atoms with Crippen LogP contribution in [0.4, 0.5) is 21.6 Å². The first-order valence-corrected chi connectivity index (χ1v) is 12.7. The Bertz CT molecular complexity index is 1170. The molecule has 0 bridgehead atoms. The lowest BCUT2D eigenvalue weighted by atomic mass is 10.0. The van der Waals surface area contributed by atoms with Crippen molar-refractivity contribution in [3.05, 3.63) is 41.5 Å². The molecule has 2 heterocycles. The third-order valence-electron chi connectivity index (χ3n) is 6.54. The molecule has 34 heavy (non-hydrogen) atoms. The van der Waals surface area contributed by atoms with Crippen LogP contribution in [0.5, 0.6) is 0 Å². The lowest BCUT2D eigenvalue weighted by molar-refractivity contribution is -0.00177. The third-order valence-corrected chi connectivity index (χ3v) is 7.33. The summed E-state index contributed by atoms with van der Waals surface area (Å²) in [6.07, 6.45) is 4.77. The van der Waals surface area contributed by atoms with Crippen LogP contribution >= 0.6 is 11.3 Å². The van der Waals surface area contributed by atoms with Crippen LogP contribution in [0.15, 0.2) is 36.0 Å². The number of carbonyl (C=O) groups is 1. The number of benzene rings is 1. The van der Waals surface area contributed by atoms with Crippen molar-refractivity contribution in [2.45, 2.75) is 57.3 Å². The standard InChI is InChI=1S/C25H30FN5O2S/c1-25(2,33)21(26)12-28-24(32)17-11-27-22(30-16-7-8-18-20(9-16)34-13-29-18)10-19(17)31-23(14-3-4-14)15-5-6-15/h7-11,13-15,21,23,33H,3-6,12H2,1-2H3,(H,28,32)(H2,27,30,31)/t21-/m1/s1. The van der Waals surface area contributed by atoms with E-state index >= 15 is 0 Å². The summed E-state index contributed by atoms with van der Waals surface area (Å²) in [5.41, 5.74) is 3.19. The average Bonchev–Trinajstić information content (AvgIpc) is 3.73. The third kappa shape index (κ3) is 5.31. The Hall–Kier alpha value is -2.78. The smallest absolute Gasteiger partial charge is 0.255 e. The Balaban J connectivity index is 1.38. The van der Waals surface area contributed by atoms with E-state index in [9.17, 15) is 14.3 Å². The van der Waals surface area contributed by atoms with Gasteiger partial charge in [0.2, 0.25) is 0 Å². The maximum absolute atomic E-state index is 14.2. The van der Waals surface area contributed by atoms with Gasteiger partial charge in [-0.3, -0.25) is 4.79 Å². The van der Waals surface area contributed by atoms with Gasteiger partial charge in [-0.05, 0) is 69.6 Å². The minimum absolute atomic E-state index is 0.273. The fourth-order valence-electron chi connectivity index (χ4n) is 4.14. The number of hydrogen-bond acceptors (Lipinski definition) is 7. The maximum Gasteiger partial charge on any atom is 0.255 e. The van der Waals surface area contributed by atoms with Gasteiger partial charge in [-0.1, -0.05) is 0 Å². The number of alkyl halides is 1. The molecule has 1 aromatic carbocycles. The average molecular weight is 484 g/mol. The monoisotopic (exact) mass is 483 g/mol. The largest absolute Gasteiger partial charge is 0.387 e. The molecule has 2 aliphatic carbocycles. The lowest BCUT2D eigenvalue weighted by Gasteiger charge is -2.24. The zero-order chi connectivity index (χ0) is 23.9. The number of amides is 1. The summed E-state index contributed by atoms with van der Waals surface area (Å²) in [6, 6.07) is 8.12. The number of fused-ring (bicyclic) bond motifs is 1. The Morgan fingerprint density at radius 1 is 1.21 bits per heavy atom. The van der Waals surface area contributed by atoms with Gasteiger partial charge in [0.1, 0.15) is 12.0 Å². The van der Waals surface area contributed by atoms with Crippen LogP contribution in [0, 0.1) is 11.8 Å². The van der Waals surface area contributed by atoms with Gasteiger partial charge < -0.3 is 21.1 Å². The highest BCUT2D eigenvalue weighted by Gasteiger charge is 2.41. The van der Waals surface area contributed by atoms with Gasteiger partial charge in [0.25, 0.3) is 5.91 Å². The Morgan fingerprint density at radius 2 is 1.94 bits per heavy atom. The van der Waals surface area contributed by atoms with Crippen molar-refractivity contribution in [3.63, 3.8) is 0 Å². The van der Waals surface area contributed by atoms with E-state index in [4.69, 9.17) is 0 Å². The van der Waals surface area contributed by atoms with Crippen molar-refractivity contribution in [2.24, 2.45) is 11.8 Å². The van der Waals surface area contributed by atoms with Crippen molar-refractivity contribution in [1.82, 2.24) is 15.3 Å². The Labute approximate surface area is 202 Å². The predicted molar refractivity (Wildman–Crippen MR) is 134 cm³/mol. The van der Waals surface area contributed by atoms with Crippen LogP contribution in [-0.2, 0) is 0 Å². The SMILES string of the molecule is CC(C)(O)[C@H](F)CNC(=O)c1cnc(Nc2ccc3ncsc3c2)cc1NC(C1CC1)C1CC1. The lowest BCUT2D eigenvalue weighted by Crippen LogP contribution is -2.42. The molecule has 2 saturated carbocycles. The predicted octanol–water partition coefficient (Wildman–Crippen LogP) is 4.87. The van der Waals surface area contributed by atoms with E-state index in [1.54, 1.807) is 11.3 Å². The second-order valence-electron chi connectivity index (χ2n) is 9.95. The molecule has 7 nitrogen and oxygen atoms in total. The van der Waals surface area contributed by atoms with Gasteiger partial charge in [0, 0.05) is 24.0 Å². The maximum atomic E-state index is 14.2. The molecular weight excluding hydrogens is 453 g/mol. The summed E-state index contributed by atoms with van der Waals surface area (Å²) in [5.74, 6) is 1.47. The quantitative estimate of drug-likeness (QED) is 0.328. The van der Waals surface area contributed by atoms with Crippen molar-refractivity contribution in [3.8, 4) is 0 Å². The van der Waals surface area contributed by atoms with Crippen LogP contribution in [-0.4, -0.2) is 45.3 Å². The molecular formula is C25H30FN5O2S. The number of rotatable bonds is 10. The molecule has 0 radical (unpaired) electrons. The number of thiazole rings is 1. The first kappa shape index (κ1) is 23.0. The van der Waals surface area contributed by atoms with Crippen molar-refractivity contribution < 1.29 is 14.3 Å². The number of aliphatic hydroxyl groups is 1. The van der Waals surface area contributed by atoms with E-state index in [2.05, 4.69) is 25.9 Å². The second-order valence-corrected chi connectivity index (χ2v) is 10.8. The molecule has 0 saturated heterocycles. The number of pyridine rings is 1. The van der Waals surface area contributed by atoms with Crippen LogP contribution < -0.4 is 16.0 Å². The second kappa shape index (κ2) is 9.11. The highest BCUT2D eigenvalue weighted by Crippen LogP contribution is 2.46. The summed E-state index contributed by atoms with van der Waals surface area (Å²) in [7, 11) is 0. The van der Waals surface area contributed by atoms with Crippen molar-refractivity contribution in [1.29, 1.82) is 0 Å². The fourth-order valence-corrected chi connectivity index (χ4v) is 4.86. The number of hydrogen-bond donors (Lipinski definition) is 4. The molecule has 4 N–H and O–H groups in total. The molecule has 3 aromatic rings. The van der Waals surface area contributed by atoms with E-state index in [-0.39, 0.29) is 6.54 Å². The van der Waals surface area contributed by atoms with Crippen LogP contribution in [0.3, 0.4) is 0 Å². The van der Waals surface area contributed by atoms with E-state index in [0.717, 1.165) is 15.9 Å². The van der Waals surface area contributed by atoms with Gasteiger partial charge in [-0.2, -0.15) is 0 Å². The van der Waals surface area contributed by atoms with E-state index in [1.165, 1.54) is 45.7 Å².